The smallest absolute Gasteiger partial charge is 0.137 e. The van der Waals surface area contributed by atoms with E-state index < -0.39 is 5.60 Å². The molecule has 1 spiro atoms. The van der Waals surface area contributed by atoms with E-state index in [-0.39, 0.29) is 0 Å². The fourth-order valence-corrected chi connectivity index (χ4v) is 4.25. The molecule has 0 aromatic heterocycles. The zero-order valence-electron chi connectivity index (χ0n) is 12.1. The van der Waals surface area contributed by atoms with Crippen LogP contribution in [0, 0.1) is 5.41 Å². The van der Waals surface area contributed by atoms with Crippen LogP contribution in [0.2, 0.25) is 5.02 Å². The molecule has 1 N–H and O–H groups in total. The van der Waals surface area contributed by atoms with E-state index in [1.54, 1.807) is 7.11 Å². The van der Waals surface area contributed by atoms with Gasteiger partial charge in [0.1, 0.15) is 5.75 Å². The van der Waals surface area contributed by atoms with Gasteiger partial charge < -0.3 is 9.84 Å². The average Bonchev–Trinajstić information content (AvgIpc) is 2.92. The minimum atomic E-state index is -0.703. The molecule has 2 nitrogen and oxygen atoms in total. The zero-order chi connectivity index (χ0) is 14.2. The molecular weight excluding hydrogens is 272 g/mol. The number of methoxy groups -OCH3 is 1. The van der Waals surface area contributed by atoms with Crippen LogP contribution in [0.25, 0.3) is 0 Å². The Hall–Kier alpha value is -0.730. The summed E-state index contributed by atoms with van der Waals surface area (Å²) in [6.07, 6.45) is 9.46. The van der Waals surface area contributed by atoms with Gasteiger partial charge in [0.2, 0.25) is 0 Å². The second-order valence-electron chi connectivity index (χ2n) is 6.59. The minimum absolute atomic E-state index is 0.530. The molecule has 0 unspecified atom stereocenters. The van der Waals surface area contributed by atoms with Gasteiger partial charge in [-0.15, -0.1) is 0 Å². The summed E-state index contributed by atoms with van der Waals surface area (Å²) in [6.45, 7) is 0. The number of halogens is 1. The minimum Gasteiger partial charge on any atom is -0.495 e. The quantitative estimate of drug-likeness (QED) is 0.859. The molecule has 0 saturated heterocycles. The summed E-state index contributed by atoms with van der Waals surface area (Å²) in [5, 5.41) is 11.6. The molecule has 0 radical (unpaired) electrons. The molecule has 3 heteroatoms. The Bertz CT molecular complexity index is 482. The number of rotatable bonds is 2. The van der Waals surface area contributed by atoms with Crippen molar-refractivity contribution >= 4 is 11.6 Å². The van der Waals surface area contributed by atoms with E-state index in [9.17, 15) is 5.11 Å². The standard InChI is InChI=1S/C17H23ClO2/c1-20-15-12-13(4-5-14(15)18)17(19)10-8-16(9-11-17)6-2-3-7-16/h4-5,12,19H,2-3,6-11H2,1H3. The summed E-state index contributed by atoms with van der Waals surface area (Å²) in [5.41, 5.74) is 0.778. The molecule has 2 fully saturated rings. The van der Waals surface area contributed by atoms with Crippen LogP contribution in [-0.4, -0.2) is 12.2 Å². The van der Waals surface area contributed by atoms with E-state index >= 15 is 0 Å². The van der Waals surface area contributed by atoms with Crippen LogP contribution in [0.15, 0.2) is 18.2 Å². The van der Waals surface area contributed by atoms with E-state index in [0.29, 0.717) is 16.2 Å². The highest BCUT2D eigenvalue weighted by Crippen LogP contribution is 2.53. The van der Waals surface area contributed by atoms with Gasteiger partial charge in [0, 0.05) is 0 Å². The number of hydrogen-bond acceptors (Lipinski definition) is 2. The van der Waals surface area contributed by atoms with Crippen molar-refractivity contribution in [3.05, 3.63) is 28.8 Å². The van der Waals surface area contributed by atoms with Gasteiger partial charge in [0.05, 0.1) is 17.7 Å². The average molecular weight is 295 g/mol. The van der Waals surface area contributed by atoms with Gasteiger partial charge in [0.15, 0.2) is 0 Å². The van der Waals surface area contributed by atoms with Crippen LogP contribution in [0.3, 0.4) is 0 Å². The molecule has 0 heterocycles. The molecule has 0 aliphatic heterocycles. The summed E-state index contributed by atoms with van der Waals surface area (Å²) < 4.78 is 5.27. The molecule has 2 saturated carbocycles. The summed E-state index contributed by atoms with van der Waals surface area (Å²) in [4.78, 5) is 0. The molecule has 2 aliphatic carbocycles. The lowest BCUT2D eigenvalue weighted by Gasteiger charge is -2.42. The van der Waals surface area contributed by atoms with Crippen LogP contribution in [0.1, 0.15) is 56.9 Å². The molecule has 0 atom stereocenters. The first-order valence-electron chi connectivity index (χ1n) is 7.63. The van der Waals surface area contributed by atoms with Crippen molar-refractivity contribution in [3.8, 4) is 5.75 Å². The van der Waals surface area contributed by atoms with Crippen LogP contribution in [-0.2, 0) is 5.60 Å². The van der Waals surface area contributed by atoms with Crippen molar-refractivity contribution in [3.63, 3.8) is 0 Å². The van der Waals surface area contributed by atoms with Crippen LogP contribution >= 0.6 is 11.6 Å². The highest BCUT2D eigenvalue weighted by Gasteiger charge is 2.43. The van der Waals surface area contributed by atoms with E-state index in [1.165, 1.54) is 25.7 Å². The summed E-state index contributed by atoms with van der Waals surface area (Å²) >= 11 is 6.07. The SMILES string of the molecule is COc1cc(C2(O)CCC3(CCCC3)CC2)ccc1Cl. The maximum absolute atomic E-state index is 11.0. The van der Waals surface area contributed by atoms with E-state index in [4.69, 9.17) is 16.3 Å². The first-order valence-corrected chi connectivity index (χ1v) is 8.01. The normalized spacial score (nSPS) is 23.9. The van der Waals surface area contributed by atoms with Gasteiger partial charge in [-0.05, 0) is 61.6 Å². The van der Waals surface area contributed by atoms with Crippen molar-refractivity contribution < 1.29 is 9.84 Å². The molecule has 20 heavy (non-hydrogen) atoms. The highest BCUT2D eigenvalue weighted by molar-refractivity contribution is 6.32. The second-order valence-corrected chi connectivity index (χ2v) is 7.00. The Kier molecular flexibility index (Phi) is 3.72. The monoisotopic (exact) mass is 294 g/mol. The van der Waals surface area contributed by atoms with Crippen molar-refractivity contribution in [2.45, 2.75) is 57.0 Å². The molecule has 1 aromatic rings. The Balaban J connectivity index is 1.80. The van der Waals surface area contributed by atoms with Gasteiger partial charge in [-0.3, -0.25) is 0 Å². The fraction of sp³-hybridized carbons (Fsp3) is 0.647. The lowest BCUT2D eigenvalue weighted by atomic mass is 9.66. The second kappa shape index (κ2) is 5.23. The maximum atomic E-state index is 11.0. The third-order valence-corrected chi connectivity index (χ3v) is 5.80. The molecular formula is C17H23ClO2. The first kappa shape index (κ1) is 14.2. The van der Waals surface area contributed by atoms with Crippen LogP contribution in [0.4, 0.5) is 0 Å². The topological polar surface area (TPSA) is 29.5 Å². The maximum Gasteiger partial charge on any atom is 0.137 e. The predicted octanol–water partition coefficient (Wildman–Crippen LogP) is 4.67. The number of aliphatic hydroxyl groups is 1. The van der Waals surface area contributed by atoms with Crippen molar-refractivity contribution in [2.75, 3.05) is 7.11 Å². The number of ether oxygens (including phenoxy) is 1. The fourth-order valence-electron chi connectivity index (χ4n) is 4.06. The Morgan fingerprint density at radius 3 is 2.30 bits per heavy atom. The van der Waals surface area contributed by atoms with Crippen LogP contribution < -0.4 is 4.74 Å². The first-order chi connectivity index (χ1) is 9.57. The van der Waals surface area contributed by atoms with Crippen molar-refractivity contribution in [1.29, 1.82) is 0 Å². The molecule has 3 rings (SSSR count). The highest BCUT2D eigenvalue weighted by atomic mass is 35.5. The summed E-state index contributed by atoms with van der Waals surface area (Å²) in [6, 6.07) is 5.67. The van der Waals surface area contributed by atoms with Gasteiger partial charge in [-0.1, -0.05) is 30.5 Å². The van der Waals surface area contributed by atoms with Gasteiger partial charge >= 0.3 is 0 Å². The molecule has 0 amide bonds. The zero-order valence-corrected chi connectivity index (χ0v) is 12.9. The van der Waals surface area contributed by atoms with Crippen LogP contribution in [0.5, 0.6) is 5.75 Å². The Morgan fingerprint density at radius 1 is 1.05 bits per heavy atom. The third-order valence-electron chi connectivity index (χ3n) is 5.49. The van der Waals surface area contributed by atoms with Gasteiger partial charge in [-0.25, -0.2) is 0 Å². The largest absolute Gasteiger partial charge is 0.495 e. The van der Waals surface area contributed by atoms with E-state index in [1.807, 2.05) is 18.2 Å². The molecule has 110 valence electrons. The summed E-state index contributed by atoms with van der Waals surface area (Å²) in [5.74, 6) is 0.652. The number of benzene rings is 1. The number of hydrogen-bond donors (Lipinski definition) is 1. The summed E-state index contributed by atoms with van der Waals surface area (Å²) in [7, 11) is 1.61. The molecule has 0 bridgehead atoms. The van der Waals surface area contributed by atoms with E-state index in [0.717, 1.165) is 31.2 Å². The lowest BCUT2D eigenvalue weighted by molar-refractivity contribution is -0.0377. The Morgan fingerprint density at radius 2 is 1.70 bits per heavy atom. The lowest BCUT2D eigenvalue weighted by Crippen LogP contribution is -2.36. The predicted molar refractivity (Wildman–Crippen MR) is 81.3 cm³/mol. The Labute approximate surface area is 126 Å². The van der Waals surface area contributed by atoms with Gasteiger partial charge in [0.25, 0.3) is 0 Å². The van der Waals surface area contributed by atoms with Crippen molar-refractivity contribution in [1.82, 2.24) is 0 Å². The third kappa shape index (κ3) is 2.44. The van der Waals surface area contributed by atoms with E-state index in [2.05, 4.69) is 0 Å². The molecule has 1 aromatic carbocycles. The van der Waals surface area contributed by atoms with Gasteiger partial charge in [-0.2, -0.15) is 0 Å². The molecule has 2 aliphatic rings. The van der Waals surface area contributed by atoms with Crippen molar-refractivity contribution in [2.24, 2.45) is 5.41 Å².